The van der Waals surface area contributed by atoms with Gasteiger partial charge < -0.3 is 9.80 Å². The van der Waals surface area contributed by atoms with Crippen LogP contribution < -0.4 is 31.7 Å². The monoisotopic (exact) mass is 893 g/mol. The number of hydrogen-bond acceptors (Lipinski definition) is 5. The van der Waals surface area contributed by atoms with Crippen molar-refractivity contribution in [2.24, 2.45) is 0 Å². The van der Waals surface area contributed by atoms with Crippen molar-refractivity contribution in [1.82, 2.24) is 15.0 Å². The van der Waals surface area contributed by atoms with Crippen LogP contribution >= 0.6 is 0 Å². The summed E-state index contributed by atoms with van der Waals surface area (Å²) in [5, 5.41) is 0. The lowest BCUT2D eigenvalue weighted by Gasteiger charge is -2.39. The highest BCUT2D eigenvalue weighted by atomic mass is 15.2. The Morgan fingerprint density at radius 2 is 0.843 bits per heavy atom. The van der Waals surface area contributed by atoms with Crippen LogP contribution in [0.3, 0.4) is 0 Å². The normalized spacial score (nSPS) is 13.5. The Morgan fingerprint density at radius 1 is 0.386 bits per heavy atom. The molecule has 0 amide bonds. The number of fused-ring (bicyclic) bond motifs is 3. The molecular weight excluding hydrogens is 848 g/mol. The molecule has 0 bridgehead atoms. The van der Waals surface area contributed by atoms with Crippen molar-refractivity contribution in [3.8, 4) is 56.4 Å². The number of aromatic nitrogens is 3. The van der Waals surface area contributed by atoms with E-state index in [1.165, 1.54) is 38.7 Å². The lowest BCUT2D eigenvalue weighted by atomic mass is 9.35. The van der Waals surface area contributed by atoms with Crippen molar-refractivity contribution in [1.29, 1.82) is 0 Å². The maximum absolute atomic E-state index is 5.71. The fourth-order valence-corrected chi connectivity index (χ4v) is 11.0. The molecule has 13 rings (SSSR count). The standard InChI is InChI=1S/C63H45B2N5/c1-5-23-43(24-6-1)47-31-21-33-49(59(47)69-55-39-17-13-35-51(55)64-52-36-14-18-40-56(52)69)62-66-61(45-27-9-3-10-28-45)67-63(68-62)50-34-22-32-48(44-25-7-2-8-26-44)60(50)70-57-41-19-15-37-53(57)65(46-29-11-4-12-30-46)54-38-16-20-42-58(54)70/h1-17,19-39,41-42,64H,18,40H2. The molecule has 328 valence electrons. The second kappa shape index (κ2) is 17.7. The zero-order valence-corrected chi connectivity index (χ0v) is 38.5. The van der Waals surface area contributed by atoms with Gasteiger partial charge in [-0.25, -0.2) is 15.0 Å². The number of rotatable bonds is 8. The van der Waals surface area contributed by atoms with Gasteiger partial charge in [0.25, 0.3) is 0 Å². The molecule has 1 aliphatic carbocycles. The van der Waals surface area contributed by atoms with E-state index in [0.717, 1.165) is 81.8 Å². The van der Waals surface area contributed by atoms with Gasteiger partial charge in [0.15, 0.2) is 24.8 Å². The third-order valence-electron chi connectivity index (χ3n) is 14.1. The molecule has 5 nitrogen and oxygen atoms in total. The number of allylic oxidation sites excluding steroid dienone is 4. The Balaban J connectivity index is 1.10. The van der Waals surface area contributed by atoms with Crippen LogP contribution in [-0.2, 0) is 0 Å². The molecule has 0 saturated carbocycles. The van der Waals surface area contributed by atoms with Crippen LogP contribution in [0.15, 0.2) is 254 Å². The molecule has 0 N–H and O–H groups in total. The summed E-state index contributed by atoms with van der Waals surface area (Å²) in [6.07, 6.45) is 6.56. The van der Waals surface area contributed by atoms with Gasteiger partial charge in [-0.15, -0.1) is 0 Å². The van der Waals surface area contributed by atoms with E-state index in [2.05, 4.69) is 246 Å². The molecule has 0 fully saturated rings. The van der Waals surface area contributed by atoms with Crippen molar-refractivity contribution < 1.29 is 0 Å². The fourth-order valence-electron chi connectivity index (χ4n) is 11.0. The van der Waals surface area contributed by atoms with Gasteiger partial charge >= 0.3 is 0 Å². The molecule has 2 aliphatic heterocycles. The van der Waals surface area contributed by atoms with Gasteiger partial charge in [0.2, 0.25) is 6.71 Å². The summed E-state index contributed by atoms with van der Waals surface area (Å²) in [6, 6.07) is 82.5. The topological polar surface area (TPSA) is 45.2 Å². The van der Waals surface area contributed by atoms with Crippen LogP contribution in [-0.4, -0.2) is 28.9 Å². The molecule has 0 atom stereocenters. The summed E-state index contributed by atoms with van der Waals surface area (Å²) in [7, 11) is 0.894. The van der Waals surface area contributed by atoms with Crippen molar-refractivity contribution in [2.45, 2.75) is 12.8 Å². The second-order valence-corrected chi connectivity index (χ2v) is 18.2. The predicted molar refractivity (Wildman–Crippen MR) is 294 cm³/mol. The molecule has 0 saturated heterocycles. The third-order valence-corrected chi connectivity index (χ3v) is 14.1. The molecular formula is C63H45B2N5. The second-order valence-electron chi connectivity index (χ2n) is 18.2. The number of nitrogens with zero attached hydrogens (tertiary/aromatic N) is 5. The summed E-state index contributed by atoms with van der Waals surface area (Å²) in [6.45, 7) is 0.0381. The Hall–Kier alpha value is -8.80. The first-order valence-corrected chi connectivity index (χ1v) is 24.3. The summed E-state index contributed by atoms with van der Waals surface area (Å²) in [5.41, 5.74) is 20.3. The first-order valence-electron chi connectivity index (χ1n) is 24.3. The Labute approximate surface area is 410 Å². The summed E-state index contributed by atoms with van der Waals surface area (Å²) in [5.74, 6) is 1.80. The van der Waals surface area contributed by atoms with Crippen molar-refractivity contribution in [3.05, 3.63) is 254 Å². The predicted octanol–water partition coefficient (Wildman–Crippen LogP) is 12.3. The van der Waals surface area contributed by atoms with Crippen LogP contribution in [0.25, 0.3) is 56.4 Å². The van der Waals surface area contributed by atoms with Gasteiger partial charge in [-0.05, 0) is 65.2 Å². The maximum atomic E-state index is 5.71. The van der Waals surface area contributed by atoms with Crippen LogP contribution in [0.4, 0.5) is 28.4 Å². The quantitative estimate of drug-likeness (QED) is 0.142. The Kier molecular flexibility index (Phi) is 10.5. The molecule has 3 heterocycles. The van der Waals surface area contributed by atoms with Crippen molar-refractivity contribution in [2.75, 3.05) is 9.80 Å². The molecule has 1 aromatic heterocycles. The highest BCUT2D eigenvalue weighted by Crippen LogP contribution is 2.49. The van der Waals surface area contributed by atoms with Crippen molar-refractivity contribution >= 4 is 64.3 Å². The van der Waals surface area contributed by atoms with E-state index < -0.39 is 0 Å². The molecule has 0 radical (unpaired) electrons. The summed E-state index contributed by atoms with van der Waals surface area (Å²) in [4.78, 5) is 21.7. The highest BCUT2D eigenvalue weighted by molar-refractivity contribution is 6.98. The fraction of sp³-hybridized carbons (Fsp3) is 0.0317. The largest absolute Gasteiger partial charge is 0.314 e. The average Bonchev–Trinajstić information content (AvgIpc) is 3.44. The molecule has 9 aromatic carbocycles. The molecule has 0 spiro atoms. The number of benzene rings is 9. The lowest BCUT2D eigenvalue weighted by molar-refractivity contribution is 0.909. The Bertz CT molecular complexity index is 3610. The number of anilines is 5. The van der Waals surface area contributed by atoms with Crippen LogP contribution in [0.5, 0.6) is 0 Å². The molecule has 7 heteroatoms. The van der Waals surface area contributed by atoms with E-state index in [9.17, 15) is 0 Å². The van der Waals surface area contributed by atoms with Gasteiger partial charge in [-0.2, -0.15) is 0 Å². The molecule has 10 aromatic rings. The van der Waals surface area contributed by atoms with E-state index in [1.807, 2.05) is 6.07 Å². The number of para-hydroxylation sites is 5. The van der Waals surface area contributed by atoms with E-state index in [4.69, 9.17) is 15.0 Å². The van der Waals surface area contributed by atoms with Gasteiger partial charge in [0.05, 0.1) is 11.4 Å². The minimum atomic E-state index is 0.0381. The van der Waals surface area contributed by atoms with E-state index >= 15 is 0 Å². The molecule has 3 aliphatic rings. The summed E-state index contributed by atoms with van der Waals surface area (Å²) >= 11 is 0. The van der Waals surface area contributed by atoms with Gasteiger partial charge in [-0.1, -0.05) is 229 Å². The highest BCUT2D eigenvalue weighted by Gasteiger charge is 2.37. The molecule has 0 unspecified atom stereocenters. The zero-order valence-electron chi connectivity index (χ0n) is 38.5. The van der Waals surface area contributed by atoms with E-state index in [-0.39, 0.29) is 6.71 Å². The van der Waals surface area contributed by atoms with Gasteiger partial charge in [0, 0.05) is 50.6 Å². The van der Waals surface area contributed by atoms with E-state index in [1.54, 1.807) is 0 Å². The van der Waals surface area contributed by atoms with Crippen molar-refractivity contribution in [3.63, 3.8) is 0 Å². The zero-order chi connectivity index (χ0) is 46.4. The SMILES string of the molecule is B1C2=C(CCC=C2)N(c2c(-c3ccccc3)cccc2-c2nc(-c3ccccc3)nc(-c3cccc(-c4ccccc4)c3N3c4ccccc4B(c4ccccc4)c4ccccc43)n2)c2ccccc21. The van der Waals surface area contributed by atoms with Crippen LogP contribution in [0.2, 0.25) is 0 Å². The number of hydrogen-bond donors (Lipinski definition) is 0. The third kappa shape index (κ3) is 7.17. The first kappa shape index (κ1) is 41.4. The van der Waals surface area contributed by atoms with Crippen LogP contribution in [0.1, 0.15) is 12.8 Å². The van der Waals surface area contributed by atoms with Crippen LogP contribution in [0, 0.1) is 0 Å². The first-order chi connectivity index (χ1) is 34.8. The smallest absolute Gasteiger partial charge is 0.246 e. The average molecular weight is 894 g/mol. The minimum Gasteiger partial charge on any atom is -0.314 e. The molecule has 70 heavy (non-hydrogen) atoms. The lowest BCUT2D eigenvalue weighted by Crippen LogP contribution is -2.57. The Morgan fingerprint density at radius 3 is 1.43 bits per heavy atom. The van der Waals surface area contributed by atoms with E-state index in [0.29, 0.717) is 17.5 Å². The van der Waals surface area contributed by atoms with Gasteiger partial charge in [0.1, 0.15) is 0 Å². The van der Waals surface area contributed by atoms with Gasteiger partial charge in [-0.3, -0.25) is 0 Å². The summed E-state index contributed by atoms with van der Waals surface area (Å²) < 4.78 is 0. The minimum absolute atomic E-state index is 0.0381. The maximum Gasteiger partial charge on any atom is 0.246 e.